The fourth-order valence-electron chi connectivity index (χ4n) is 3.33. The number of aliphatic imine (C=N–C) groups is 1. The van der Waals surface area contributed by atoms with Crippen LogP contribution >= 0.6 is 23.2 Å². The lowest BCUT2D eigenvalue weighted by Gasteiger charge is -2.19. The molecule has 1 amide bonds. The van der Waals surface area contributed by atoms with E-state index in [1.54, 1.807) is 36.4 Å². The monoisotopic (exact) mass is 436 g/mol. The molecule has 0 saturated heterocycles. The number of anilines is 1. The first-order chi connectivity index (χ1) is 14.6. The van der Waals surface area contributed by atoms with Crippen LogP contribution in [0.15, 0.2) is 77.4 Å². The van der Waals surface area contributed by atoms with Crippen LogP contribution in [-0.2, 0) is 4.79 Å². The summed E-state index contributed by atoms with van der Waals surface area (Å²) in [6.07, 6.45) is 1.72. The molecule has 0 fully saturated rings. The smallest absolute Gasteiger partial charge is 0.282 e. The molecule has 2 aliphatic heterocycles. The number of amides is 1. The average Bonchev–Trinajstić information content (AvgIpc) is 3.34. The predicted octanol–water partition coefficient (Wildman–Crippen LogP) is 5.56. The Hall–Kier alpha value is -3.28. The van der Waals surface area contributed by atoms with Gasteiger partial charge in [0.2, 0.25) is 6.79 Å². The molecule has 0 aliphatic carbocycles. The second kappa shape index (κ2) is 7.52. The van der Waals surface area contributed by atoms with Gasteiger partial charge in [0.25, 0.3) is 5.91 Å². The van der Waals surface area contributed by atoms with Crippen molar-refractivity contribution < 1.29 is 14.3 Å². The van der Waals surface area contributed by atoms with Crippen molar-refractivity contribution in [3.63, 3.8) is 0 Å². The molecule has 0 bridgehead atoms. The quantitative estimate of drug-likeness (QED) is 0.505. The second-order valence-corrected chi connectivity index (χ2v) is 7.52. The number of halogens is 2. The van der Waals surface area contributed by atoms with Gasteiger partial charge in [0, 0.05) is 10.6 Å². The summed E-state index contributed by atoms with van der Waals surface area (Å²) in [5.41, 5.74) is 2.38. The molecule has 0 radical (unpaired) electrons. The summed E-state index contributed by atoms with van der Waals surface area (Å²) in [6, 6.07) is 19.8. The fourth-order valence-corrected chi connectivity index (χ4v) is 3.68. The lowest BCUT2D eigenvalue weighted by Crippen LogP contribution is -2.32. The van der Waals surface area contributed by atoms with Gasteiger partial charge in [-0.15, -0.1) is 0 Å². The highest BCUT2D eigenvalue weighted by atomic mass is 35.5. The third-order valence-corrected chi connectivity index (χ3v) is 5.34. The largest absolute Gasteiger partial charge is 0.454 e. The summed E-state index contributed by atoms with van der Waals surface area (Å²) in [5, 5.41) is 1.09. The van der Waals surface area contributed by atoms with Gasteiger partial charge in [-0.1, -0.05) is 41.4 Å². The van der Waals surface area contributed by atoms with Gasteiger partial charge in [-0.25, -0.2) is 4.99 Å². The van der Waals surface area contributed by atoms with Gasteiger partial charge in [-0.05, 0) is 60.2 Å². The number of fused-ring (bicyclic) bond motifs is 1. The van der Waals surface area contributed by atoms with Crippen LogP contribution in [0.4, 0.5) is 5.69 Å². The first-order valence-electron chi connectivity index (χ1n) is 9.15. The van der Waals surface area contributed by atoms with Crippen LogP contribution in [0.1, 0.15) is 11.1 Å². The molecule has 2 aliphatic rings. The number of hydrogen-bond donors (Lipinski definition) is 0. The van der Waals surface area contributed by atoms with E-state index in [0.717, 1.165) is 5.56 Å². The number of carbonyl (C=O) groups is 1. The maximum Gasteiger partial charge on any atom is 0.282 e. The van der Waals surface area contributed by atoms with Gasteiger partial charge in [-0.3, -0.25) is 9.69 Å². The predicted molar refractivity (Wildman–Crippen MR) is 117 cm³/mol. The van der Waals surface area contributed by atoms with Crippen molar-refractivity contribution in [3.8, 4) is 11.5 Å². The zero-order valence-electron chi connectivity index (χ0n) is 15.5. The van der Waals surface area contributed by atoms with Crippen LogP contribution in [0.25, 0.3) is 6.08 Å². The standard InChI is InChI=1S/C23H14Cl2N2O3/c24-15-6-8-16(9-7-15)27-22(17-3-1-2-4-18(17)25)26-19(23(27)28)11-14-5-10-20-21(12-14)30-13-29-20/h1-12H,13H2/b19-11+. The number of nitrogens with zero attached hydrogens (tertiary/aromatic N) is 2. The number of hydrogen-bond acceptors (Lipinski definition) is 4. The number of amidine groups is 1. The Kier molecular flexibility index (Phi) is 4.69. The second-order valence-electron chi connectivity index (χ2n) is 6.67. The maximum absolute atomic E-state index is 13.3. The van der Waals surface area contributed by atoms with Crippen molar-refractivity contribution in [2.45, 2.75) is 0 Å². The molecule has 30 heavy (non-hydrogen) atoms. The lowest BCUT2D eigenvalue weighted by atomic mass is 10.1. The molecule has 148 valence electrons. The van der Waals surface area contributed by atoms with Gasteiger partial charge >= 0.3 is 0 Å². The van der Waals surface area contributed by atoms with Crippen molar-refractivity contribution in [2.24, 2.45) is 4.99 Å². The Morgan fingerprint density at radius 3 is 2.50 bits per heavy atom. The summed E-state index contributed by atoms with van der Waals surface area (Å²) < 4.78 is 10.8. The normalized spacial score (nSPS) is 16.3. The minimum Gasteiger partial charge on any atom is -0.454 e. The van der Waals surface area contributed by atoms with Crippen molar-refractivity contribution in [1.29, 1.82) is 0 Å². The van der Waals surface area contributed by atoms with E-state index in [9.17, 15) is 4.79 Å². The molecular weight excluding hydrogens is 423 g/mol. The first kappa shape index (κ1) is 18.7. The minimum absolute atomic E-state index is 0.188. The SMILES string of the molecule is O=C1/C(=C\c2ccc3c(c2)OCO3)N=C(c2ccccc2Cl)N1c1ccc(Cl)cc1. The van der Waals surface area contributed by atoms with E-state index in [1.807, 2.05) is 36.4 Å². The molecule has 0 aromatic heterocycles. The van der Waals surface area contributed by atoms with Crippen LogP contribution in [0.3, 0.4) is 0 Å². The van der Waals surface area contributed by atoms with Gasteiger partial charge in [0.1, 0.15) is 11.5 Å². The highest BCUT2D eigenvalue weighted by Crippen LogP contribution is 2.35. The van der Waals surface area contributed by atoms with E-state index in [4.69, 9.17) is 32.7 Å². The summed E-state index contributed by atoms with van der Waals surface area (Å²) in [7, 11) is 0. The van der Waals surface area contributed by atoms with E-state index >= 15 is 0 Å². The molecule has 3 aromatic carbocycles. The Morgan fingerprint density at radius 1 is 0.933 bits per heavy atom. The minimum atomic E-state index is -0.259. The molecule has 5 nitrogen and oxygen atoms in total. The zero-order chi connectivity index (χ0) is 20.7. The molecular formula is C23H14Cl2N2O3. The van der Waals surface area contributed by atoms with Crippen LogP contribution in [0, 0.1) is 0 Å². The Labute approximate surface area is 182 Å². The Morgan fingerprint density at radius 2 is 1.70 bits per heavy atom. The molecule has 2 heterocycles. The summed E-state index contributed by atoms with van der Waals surface area (Å²) in [4.78, 5) is 19.5. The Balaban J connectivity index is 1.61. The first-order valence-corrected chi connectivity index (χ1v) is 9.91. The summed E-state index contributed by atoms with van der Waals surface area (Å²) in [5.74, 6) is 1.52. The maximum atomic E-state index is 13.3. The van der Waals surface area contributed by atoms with Crippen LogP contribution < -0.4 is 14.4 Å². The van der Waals surface area contributed by atoms with Crippen molar-refractivity contribution in [3.05, 3.63) is 93.6 Å². The third kappa shape index (κ3) is 3.32. The van der Waals surface area contributed by atoms with Gasteiger partial charge in [-0.2, -0.15) is 0 Å². The van der Waals surface area contributed by atoms with E-state index in [2.05, 4.69) is 4.99 Å². The van der Waals surface area contributed by atoms with Gasteiger partial charge in [0.15, 0.2) is 11.5 Å². The van der Waals surface area contributed by atoms with Crippen molar-refractivity contribution in [2.75, 3.05) is 11.7 Å². The highest BCUT2D eigenvalue weighted by molar-refractivity contribution is 6.39. The summed E-state index contributed by atoms with van der Waals surface area (Å²) in [6.45, 7) is 0.188. The molecule has 0 N–H and O–H groups in total. The molecule has 7 heteroatoms. The van der Waals surface area contributed by atoms with Crippen molar-refractivity contribution in [1.82, 2.24) is 0 Å². The summed E-state index contributed by atoms with van der Waals surface area (Å²) >= 11 is 12.4. The third-order valence-electron chi connectivity index (χ3n) is 4.76. The van der Waals surface area contributed by atoms with E-state index in [0.29, 0.717) is 44.3 Å². The zero-order valence-corrected chi connectivity index (χ0v) is 17.0. The molecule has 0 atom stereocenters. The van der Waals surface area contributed by atoms with E-state index in [1.165, 1.54) is 4.90 Å². The highest BCUT2D eigenvalue weighted by Gasteiger charge is 2.33. The molecule has 0 unspecified atom stereocenters. The lowest BCUT2D eigenvalue weighted by molar-refractivity contribution is -0.113. The number of benzene rings is 3. The van der Waals surface area contributed by atoms with Crippen molar-refractivity contribution >= 4 is 46.7 Å². The van der Waals surface area contributed by atoms with Crippen LogP contribution in [0.2, 0.25) is 10.0 Å². The molecule has 5 rings (SSSR count). The van der Waals surface area contributed by atoms with E-state index in [-0.39, 0.29) is 12.7 Å². The molecule has 3 aromatic rings. The van der Waals surface area contributed by atoms with Crippen LogP contribution in [-0.4, -0.2) is 18.5 Å². The molecule has 0 saturated carbocycles. The van der Waals surface area contributed by atoms with Gasteiger partial charge < -0.3 is 9.47 Å². The van der Waals surface area contributed by atoms with Gasteiger partial charge in [0.05, 0.1) is 10.7 Å². The topological polar surface area (TPSA) is 51.1 Å². The molecule has 0 spiro atoms. The van der Waals surface area contributed by atoms with E-state index < -0.39 is 0 Å². The number of rotatable bonds is 3. The Bertz CT molecular complexity index is 1220. The number of carbonyl (C=O) groups excluding carboxylic acids is 1. The fraction of sp³-hybridized carbons (Fsp3) is 0.0435. The van der Waals surface area contributed by atoms with Crippen LogP contribution in [0.5, 0.6) is 11.5 Å². The number of ether oxygens (including phenoxy) is 2. The average molecular weight is 437 g/mol.